The van der Waals surface area contributed by atoms with Crippen LogP contribution in [0.5, 0.6) is 11.5 Å². The zero-order valence-electron chi connectivity index (χ0n) is 19.9. The standard InChI is InChI=1S/C28H29N3O4/c1-17-4-3-5-20(12-17)35-21-8-9-23(18(2)13-21)27(33)24-14-30-28-26(24)25(10-11-29-28)31-19-6-7-22(15-32)34-16-19/h3-5,8-14,19,22,32H,6-7,15-16H2,1-2H3,(H2,29,30,31)/t19-,22+/m1/s1. The molecule has 0 spiro atoms. The van der Waals surface area contributed by atoms with Gasteiger partial charge in [0.1, 0.15) is 17.1 Å². The molecule has 0 radical (unpaired) electrons. The highest BCUT2D eigenvalue weighted by Crippen LogP contribution is 2.31. The van der Waals surface area contributed by atoms with E-state index in [0.29, 0.717) is 29.1 Å². The van der Waals surface area contributed by atoms with Gasteiger partial charge in [0.15, 0.2) is 5.78 Å². The third kappa shape index (κ3) is 4.92. The summed E-state index contributed by atoms with van der Waals surface area (Å²) >= 11 is 0. The first-order valence-electron chi connectivity index (χ1n) is 11.9. The average molecular weight is 472 g/mol. The van der Waals surface area contributed by atoms with Crippen molar-refractivity contribution < 1.29 is 19.4 Å². The summed E-state index contributed by atoms with van der Waals surface area (Å²) in [5.74, 6) is 1.37. The number of pyridine rings is 1. The molecular formula is C28H29N3O4. The van der Waals surface area contributed by atoms with Gasteiger partial charge in [-0.1, -0.05) is 12.1 Å². The van der Waals surface area contributed by atoms with Gasteiger partial charge in [-0.3, -0.25) is 4.79 Å². The van der Waals surface area contributed by atoms with Crippen LogP contribution in [0.3, 0.4) is 0 Å². The minimum atomic E-state index is -0.101. The van der Waals surface area contributed by atoms with Gasteiger partial charge in [-0.15, -0.1) is 0 Å². The molecule has 35 heavy (non-hydrogen) atoms. The zero-order chi connectivity index (χ0) is 24.4. The van der Waals surface area contributed by atoms with Gasteiger partial charge in [0.05, 0.1) is 30.3 Å². The van der Waals surface area contributed by atoms with E-state index in [-0.39, 0.29) is 24.5 Å². The molecule has 4 aromatic rings. The Balaban J connectivity index is 1.40. The van der Waals surface area contributed by atoms with Gasteiger partial charge in [-0.25, -0.2) is 4.98 Å². The van der Waals surface area contributed by atoms with Crippen LogP contribution in [-0.4, -0.2) is 46.2 Å². The monoisotopic (exact) mass is 471 g/mol. The second kappa shape index (κ2) is 9.90. The number of nitrogens with one attached hydrogen (secondary N) is 2. The number of ether oxygens (including phenoxy) is 2. The number of fused-ring (bicyclic) bond motifs is 1. The fourth-order valence-electron chi connectivity index (χ4n) is 4.55. The molecule has 1 fully saturated rings. The van der Waals surface area contributed by atoms with Gasteiger partial charge in [-0.2, -0.15) is 0 Å². The fourth-order valence-corrected chi connectivity index (χ4v) is 4.55. The lowest BCUT2D eigenvalue weighted by molar-refractivity contribution is -0.0223. The Kier molecular flexibility index (Phi) is 6.53. The number of anilines is 1. The zero-order valence-corrected chi connectivity index (χ0v) is 19.9. The Morgan fingerprint density at radius 2 is 2.00 bits per heavy atom. The summed E-state index contributed by atoms with van der Waals surface area (Å²) in [4.78, 5) is 21.2. The molecule has 2 aromatic carbocycles. The van der Waals surface area contributed by atoms with Crippen LogP contribution in [-0.2, 0) is 4.74 Å². The molecule has 7 heteroatoms. The van der Waals surface area contributed by atoms with Crippen LogP contribution in [0.1, 0.15) is 39.9 Å². The summed E-state index contributed by atoms with van der Waals surface area (Å²) in [5.41, 5.74) is 4.63. The van der Waals surface area contributed by atoms with Crippen LogP contribution in [0.25, 0.3) is 11.0 Å². The number of aromatic amines is 1. The third-order valence-corrected chi connectivity index (χ3v) is 6.42. The lowest BCUT2D eigenvalue weighted by Crippen LogP contribution is -2.36. The molecule has 0 saturated carbocycles. The number of hydrogen-bond acceptors (Lipinski definition) is 6. The first-order valence-corrected chi connectivity index (χ1v) is 11.9. The number of benzene rings is 2. The fraction of sp³-hybridized carbons (Fsp3) is 0.286. The maximum absolute atomic E-state index is 13.6. The molecule has 1 aliphatic rings. The number of nitrogens with zero attached hydrogens (tertiary/aromatic N) is 1. The number of ketones is 1. The van der Waals surface area contributed by atoms with E-state index in [1.165, 1.54) is 0 Å². The summed E-state index contributed by atoms with van der Waals surface area (Å²) in [7, 11) is 0. The Bertz CT molecular complexity index is 1360. The van der Waals surface area contributed by atoms with Crippen molar-refractivity contribution in [2.45, 2.75) is 38.8 Å². The maximum Gasteiger partial charge on any atom is 0.195 e. The molecule has 0 bridgehead atoms. The molecule has 3 heterocycles. The Labute approximate surface area is 204 Å². The van der Waals surface area contributed by atoms with E-state index in [9.17, 15) is 9.90 Å². The number of aryl methyl sites for hydroxylation is 2. The topological polar surface area (TPSA) is 96.5 Å². The van der Waals surface area contributed by atoms with Crippen molar-refractivity contribution in [1.29, 1.82) is 0 Å². The van der Waals surface area contributed by atoms with Crippen molar-refractivity contribution in [3.05, 3.63) is 83.2 Å². The normalized spacial score (nSPS) is 17.9. The number of aliphatic hydroxyl groups is 1. The molecule has 7 nitrogen and oxygen atoms in total. The minimum Gasteiger partial charge on any atom is -0.457 e. The van der Waals surface area contributed by atoms with E-state index in [4.69, 9.17) is 9.47 Å². The molecule has 3 N–H and O–H groups in total. The van der Waals surface area contributed by atoms with Crippen LogP contribution in [0.2, 0.25) is 0 Å². The minimum absolute atomic E-state index is 0.0385. The lowest BCUT2D eigenvalue weighted by Gasteiger charge is -2.29. The predicted molar refractivity (Wildman–Crippen MR) is 135 cm³/mol. The van der Waals surface area contributed by atoms with Crippen LogP contribution >= 0.6 is 0 Å². The summed E-state index contributed by atoms with van der Waals surface area (Å²) in [6.45, 7) is 4.48. The molecule has 0 aliphatic carbocycles. The van der Waals surface area contributed by atoms with Crippen molar-refractivity contribution in [2.75, 3.05) is 18.5 Å². The highest BCUT2D eigenvalue weighted by atomic mass is 16.5. The molecule has 2 atom stereocenters. The maximum atomic E-state index is 13.6. The van der Waals surface area contributed by atoms with Gasteiger partial charge >= 0.3 is 0 Å². The van der Waals surface area contributed by atoms with Crippen LogP contribution in [0.15, 0.2) is 60.9 Å². The van der Waals surface area contributed by atoms with Gasteiger partial charge in [0, 0.05) is 29.7 Å². The Morgan fingerprint density at radius 1 is 1.14 bits per heavy atom. The number of hydrogen-bond donors (Lipinski definition) is 3. The van der Waals surface area contributed by atoms with E-state index in [1.54, 1.807) is 12.4 Å². The second-order valence-corrected chi connectivity index (χ2v) is 9.07. The van der Waals surface area contributed by atoms with E-state index in [1.807, 2.05) is 62.4 Å². The third-order valence-electron chi connectivity index (χ3n) is 6.42. The first-order chi connectivity index (χ1) is 17.0. The summed E-state index contributed by atoms with van der Waals surface area (Å²) in [6.07, 6.45) is 5.01. The smallest absolute Gasteiger partial charge is 0.195 e. The second-order valence-electron chi connectivity index (χ2n) is 9.07. The molecule has 1 saturated heterocycles. The van der Waals surface area contributed by atoms with Gasteiger partial charge < -0.3 is 24.9 Å². The van der Waals surface area contributed by atoms with Gasteiger partial charge in [0.25, 0.3) is 0 Å². The van der Waals surface area contributed by atoms with Crippen molar-refractivity contribution in [1.82, 2.24) is 9.97 Å². The molecular weight excluding hydrogens is 442 g/mol. The average Bonchev–Trinajstić information content (AvgIpc) is 3.30. The number of carbonyl (C=O) groups excluding carboxylic acids is 1. The van der Waals surface area contributed by atoms with Crippen LogP contribution in [0.4, 0.5) is 5.69 Å². The van der Waals surface area contributed by atoms with Crippen molar-refractivity contribution in [3.63, 3.8) is 0 Å². The lowest BCUT2D eigenvalue weighted by atomic mass is 9.98. The van der Waals surface area contributed by atoms with Crippen molar-refractivity contribution >= 4 is 22.5 Å². The van der Waals surface area contributed by atoms with Crippen molar-refractivity contribution in [3.8, 4) is 11.5 Å². The predicted octanol–water partition coefficient (Wildman–Crippen LogP) is 5.15. The van der Waals surface area contributed by atoms with E-state index in [0.717, 1.165) is 40.8 Å². The Morgan fingerprint density at radius 3 is 2.74 bits per heavy atom. The Hall–Kier alpha value is -3.68. The SMILES string of the molecule is Cc1cccc(Oc2ccc(C(=O)c3c[nH]c4nccc(N[C@@H]5CC[C@@H](CO)OC5)c34)c(C)c2)c1. The molecule has 0 amide bonds. The number of rotatable bonds is 7. The van der Waals surface area contributed by atoms with Crippen molar-refractivity contribution in [2.24, 2.45) is 0 Å². The number of H-pyrrole nitrogens is 1. The summed E-state index contributed by atoms with van der Waals surface area (Å²) in [6, 6.07) is 15.4. The highest BCUT2D eigenvalue weighted by Gasteiger charge is 2.24. The molecule has 2 aromatic heterocycles. The first kappa shape index (κ1) is 23.1. The number of aliphatic hydroxyl groups excluding tert-OH is 1. The van der Waals surface area contributed by atoms with E-state index >= 15 is 0 Å². The molecule has 180 valence electrons. The van der Waals surface area contributed by atoms with Crippen LogP contribution < -0.4 is 10.1 Å². The highest BCUT2D eigenvalue weighted by molar-refractivity contribution is 6.19. The van der Waals surface area contributed by atoms with Gasteiger partial charge in [0.2, 0.25) is 0 Å². The van der Waals surface area contributed by atoms with E-state index in [2.05, 4.69) is 15.3 Å². The molecule has 5 rings (SSSR count). The summed E-state index contributed by atoms with van der Waals surface area (Å²) < 4.78 is 11.7. The quantitative estimate of drug-likeness (QED) is 0.323. The number of carbonyl (C=O) groups is 1. The molecule has 0 unspecified atom stereocenters. The largest absolute Gasteiger partial charge is 0.457 e. The van der Waals surface area contributed by atoms with E-state index < -0.39 is 0 Å². The number of aromatic nitrogens is 2. The molecule has 1 aliphatic heterocycles. The van der Waals surface area contributed by atoms with Gasteiger partial charge in [-0.05, 0) is 74.2 Å². The summed E-state index contributed by atoms with van der Waals surface area (Å²) in [5, 5.41) is 13.6. The van der Waals surface area contributed by atoms with Crippen LogP contribution in [0, 0.1) is 13.8 Å².